The normalized spacial score (nSPS) is 17.7. The zero-order valence-corrected chi connectivity index (χ0v) is 8.62. The van der Waals surface area contributed by atoms with Gasteiger partial charge >= 0.3 is 0 Å². The van der Waals surface area contributed by atoms with E-state index in [-0.39, 0.29) is 6.29 Å². The summed E-state index contributed by atoms with van der Waals surface area (Å²) in [6, 6.07) is 6.34. The average molecular weight is 203 g/mol. The minimum absolute atomic E-state index is 0.194. The average Bonchev–Trinajstić information content (AvgIpc) is 2.83. The third kappa shape index (κ3) is 1.44. The first kappa shape index (κ1) is 8.95. The van der Waals surface area contributed by atoms with Crippen LogP contribution in [0.15, 0.2) is 24.4 Å². The summed E-state index contributed by atoms with van der Waals surface area (Å²) >= 11 is 0. The highest BCUT2D eigenvalue weighted by atomic mass is 16.7. The second-order valence-electron chi connectivity index (χ2n) is 3.87. The Labute approximate surface area is 88.0 Å². The summed E-state index contributed by atoms with van der Waals surface area (Å²) in [5.41, 5.74) is 3.49. The zero-order chi connectivity index (χ0) is 10.3. The van der Waals surface area contributed by atoms with Gasteiger partial charge in [0.15, 0.2) is 6.29 Å². The molecule has 0 unspecified atom stereocenters. The van der Waals surface area contributed by atoms with Gasteiger partial charge in [-0.25, -0.2) is 0 Å². The number of hydrogen-bond acceptors (Lipinski definition) is 2. The Hall–Kier alpha value is -1.32. The number of rotatable bonds is 1. The van der Waals surface area contributed by atoms with E-state index in [0.717, 1.165) is 11.1 Å². The predicted molar refractivity (Wildman–Crippen MR) is 57.7 cm³/mol. The van der Waals surface area contributed by atoms with Crippen LogP contribution in [0.5, 0.6) is 0 Å². The molecule has 0 radical (unpaired) electrons. The van der Waals surface area contributed by atoms with Crippen LogP contribution in [-0.2, 0) is 9.47 Å². The molecule has 78 valence electrons. The number of nitrogens with one attached hydrogen (secondary N) is 1. The molecule has 0 aliphatic carbocycles. The van der Waals surface area contributed by atoms with Crippen molar-refractivity contribution in [1.82, 2.24) is 4.98 Å². The molecule has 2 aromatic rings. The first-order valence-electron chi connectivity index (χ1n) is 5.15. The number of ether oxygens (including phenoxy) is 2. The third-order valence-corrected chi connectivity index (χ3v) is 2.74. The van der Waals surface area contributed by atoms with Crippen molar-refractivity contribution < 1.29 is 9.47 Å². The third-order valence-electron chi connectivity index (χ3n) is 2.74. The molecule has 3 nitrogen and oxygen atoms in total. The van der Waals surface area contributed by atoms with Crippen molar-refractivity contribution in [2.24, 2.45) is 0 Å². The lowest BCUT2D eigenvalue weighted by Crippen LogP contribution is -1.96. The van der Waals surface area contributed by atoms with Gasteiger partial charge in [0.25, 0.3) is 0 Å². The Morgan fingerprint density at radius 1 is 1.27 bits per heavy atom. The van der Waals surface area contributed by atoms with E-state index in [1.807, 2.05) is 6.20 Å². The van der Waals surface area contributed by atoms with Crippen molar-refractivity contribution in [2.75, 3.05) is 13.2 Å². The standard InChI is InChI=1S/C12H13NO2/c1-8-2-3-11-9(6-8)10(7-13-11)12-14-4-5-15-12/h2-3,6-7,12-13H,4-5H2,1H3. The summed E-state index contributed by atoms with van der Waals surface area (Å²) in [5.74, 6) is 0. The van der Waals surface area contributed by atoms with Crippen molar-refractivity contribution in [1.29, 1.82) is 0 Å². The lowest BCUT2D eigenvalue weighted by atomic mass is 10.1. The molecule has 1 N–H and O–H groups in total. The van der Waals surface area contributed by atoms with E-state index in [4.69, 9.17) is 9.47 Å². The van der Waals surface area contributed by atoms with E-state index in [2.05, 4.69) is 30.1 Å². The molecule has 2 heterocycles. The van der Waals surface area contributed by atoms with Crippen LogP contribution < -0.4 is 0 Å². The predicted octanol–water partition coefficient (Wildman–Crippen LogP) is 2.52. The monoisotopic (exact) mass is 203 g/mol. The minimum Gasteiger partial charge on any atom is -0.361 e. The maximum Gasteiger partial charge on any atom is 0.186 e. The summed E-state index contributed by atoms with van der Waals surface area (Å²) in [7, 11) is 0. The number of aromatic nitrogens is 1. The Morgan fingerprint density at radius 2 is 2.07 bits per heavy atom. The molecule has 1 aromatic heterocycles. The maximum atomic E-state index is 5.50. The fourth-order valence-electron chi connectivity index (χ4n) is 1.99. The highest BCUT2D eigenvalue weighted by Crippen LogP contribution is 2.30. The van der Waals surface area contributed by atoms with Crippen LogP contribution in [0.3, 0.4) is 0 Å². The van der Waals surface area contributed by atoms with Crippen LogP contribution >= 0.6 is 0 Å². The van der Waals surface area contributed by atoms with Gasteiger partial charge in [0.05, 0.1) is 13.2 Å². The Morgan fingerprint density at radius 3 is 2.87 bits per heavy atom. The van der Waals surface area contributed by atoms with Gasteiger partial charge in [0, 0.05) is 22.7 Å². The quantitative estimate of drug-likeness (QED) is 0.772. The maximum absolute atomic E-state index is 5.50. The Kier molecular flexibility index (Phi) is 2.01. The molecular formula is C12H13NO2. The van der Waals surface area contributed by atoms with Gasteiger partial charge in [-0.3, -0.25) is 0 Å². The van der Waals surface area contributed by atoms with Gasteiger partial charge in [-0.2, -0.15) is 0 Å². The molecule has 1 saturated heterocycles. The van der Waals surface area contributed by atoms with Gasteiger partial charge in [-0.15, -0.1) is 0 Å². The largest absolute Gasteiger partial charge is 0.361 e. The van der Waals surface area contributed by atoms with Gasteiger partial charge in [-0.1, -0.05) is 11.6 Å². The zero-order valence-electron chi connectivity index (χ0n) is 8.62. The van der Waals surface area contributed by atoms with Gasteiger partial charge in [0.2, 0.25) is 0 Å². The smallest absolute Gasteiger partial charge is 0.186 e. The molecular weight excluding hydrogens is 190 g/mol. The fourth-order valence-corrected chi connectivity index (χ4v) is 1.99. The number of aromatic amines is 1. The van der Waals surface area contributed by atoms with Gasteiger partial charge in [0.1, 0.15) is 0 Å². The number of hydrogen-bond donors (Lipinski definition) is 1. The summed E-state index contributed by atoms with van der Waals surface area (Å²) < 4.78 is 11.0. The Balaban J connectivity index is 2.13. The summed E-state index contributed by atoms with van der Waals surface area (Å²) in [6.07, 6.45) is 1.78. The van der Waals surface area contributed by atoms with Crippen molar-refractivity contribution in [2.45, 2.75) is 13.2 Å². The summed E-state index contributed by atoms with van der Waals surface area (Å²) in [5, 5.41) is 1.20. The molecule has 0 saturated carbocycles. The summed E-state index contributed by atoms with van der Waals surface area (Å²) in [6.45, 7) is 3.46. The van der Waals surface area contributed by atoms with E-state index < -0.39 is 0 Å². The first-order valence-corrected chi connectivity index (χ1v) is 5.15. The summed E-state index contributed by atoms with van der Waals surface area (Å²) in [4.78, 5) is 3.23. The van der Waals surface area contributed by atoms with Crippen LogP contribution in [0.4, 0.5) is 0 Å². The van der Waals surface area contributed by atoms with Crippen LogP contribution in [-0.4, -0.2) is 18.2 Å². The van der Waals surface area contributed by atoms with E-state index in [1.165, 1.54) is 10.9 Å². The molecule has 0 spiro atoms. The van der Waals surface area contributed by atoms with Crippen LogP contribution in [0.2, 0.25) is 0 Å². The highest BCUT2D eigenvalue weighted by Gasteiger charge is 2.21. The van der Waals surface area contributed by atoms with Gasteiger partial charge < -0.3 is 14.5 Å². The first-order chi connectivity index (χ1) is 7.34. The minimum atomic E-state index is -0.194. The molecule has 1 aliphatic heterocycles. The van der Waals surface area contributed by atoms with Gasteiger partial charge in [-0.05, 0) is 19.1 Å². The Bertz CT molecular complexity index is 483. The second-order valence-corrected chi connectivity index (χ2v) is 3.87. The molecule has 0 atom stereocenters. The molecule has 1 aromatic carbocycles. The highest BCUT2D eigenvalue weighted by molar-refractivity contribution is 5.84. The van der Waals surface area contributed by atoms with Crippen molar-refractivity contribution >= 4 is 10.9 Å². The topological polar surface area (TPSA) is 34.2 Å². The molecule has 3 rings (SSSR count). The lowest BCUT2D eigenvalue weighted by molar-refractivity contribution is -0.0429. The van der Waals surface area contributed by atoms with Crippen LogP contribution in [0.25, 0.3) is 10.9 Å². The van der Waals surface area contributed by atoms with Crippen LogP contribution in [0, 0.1) is 6.92 Å². The van der Waals surface area contributed by atoms with E-state index >= 15 is 0 Å². The van der Waals surface area contributed by atoms with Crippen molar-refractivity contribution in [3.05, 3.63) is 35.5 Å². The number of aryl methyl sites for hydroxylation is 1. The molecule has 1 fully saturated rings. The number of benzene rings is 1. The molecule has 0 bridgehead atoms. The SMILES string of the molecule is Cc1ccc2[nH]cc(C3OCCO3)c2c1. The molecule has 15 heavy (non-hydrogen) atoms. The molecule has 3 heteroatoms. The second kappa shape index (κ2) is 3.36. The van der Waals surface area contributed by atoms with E-state index in [1.54, 1.807) is 0 Å². The van der Waals surface area contributed by atoms with Crippen molar-refractivity contribution in [3.8, 4) is 0 Å². The number of fused-ring (bicyclic) bond motifs is 1. The van der Waals surface area contributed by atoms with Crippen LogP contribution in [0.1, 0.15) is 17.4 Å². The number of H-pyrrole nitrogens is 1. The fraction of sp³-hybridized carbons (Fsp3) is 0.333. The van der Waals surface area contributed by atoms with E-state index in [0.29, 0.717) is 13.2 Å². The lowest BCUT2D eigenvalue weighted by Gasteiger charge is -2.07. The molecule has 1 aliphatic rings. The van der Waals surface area contributed by atoms with Crippen molar-refractivity contribution in [3.63, 3.8) is 0 Å². The van der Waals surface area contributed by atoms with E-state index in [9.17, 15) is 0 Å². The molecule has 0 amide bonds.